The highest BCUT2D eigenvalue weighted by atomic mass is 31.2. The third-order valence-corrected chi connectivity index (χ3v) is 8.35. The summed E-state index contributed by atoms with van der Waals surface area (Å²) in [6.45, 7) is 12.6. The van der Waals surface area contributed by atoms with Crippen molar-refractivity contribution in [2.24, 2.45) is 0 Å². The van der Waals surface area contributed by atoms with Crippen molar-refractivity contribution in [2.75, 3.05) is 12.3 Å². The normalized spacial score (nSPS) is 12.8. The van der Waals surface area contributed by atoms with Crippen molar-refractivity contribution in [3.63, 3.8) is 0 Å². The molecule has 0 fully saturated rings. The van der Waals surface area contributed by atoms with Gasteiger partial charge in [-0.25, -0.2) is 0 Å². The minimum absolute atomic E-state index is 0.195. The molecule has 0 unspecified atom stereocenters. The Labute approximate surface area is 162 Å². The zero-order valence-electron chi connectivity index (χ0n) is 16.9. The minimum atomic E-state index is -0.934. The van der Waals surface area contributed by atoms with Crippen molar-refractivity contribution < 1.29 is 9.05 Å². The van der Waals surface area contributed by atoms with Gasteiger partial charge in [0.05, 0.1) is 11.2 Å². The SMILES string of the molecule is CC(C)(C)OP(CCP(c1ccccc1)c1ccccc1)OC(C)(C)C. The van der Waals surface area contributed by atoms with Crippen LogP contribution in [0.1, 0.15) is 41.5 Å². The Morgan fingerprint density at radius 2 is 1.00 bits per heavy atom. The summed E-state index contributed by atoms with van der Waals surface area (Å²) >= 11 is 0. The lowest BCUT2D eigenvalue weighted by Gasteiger charge is -2.32. The van der Waals surface area contributed by atoms with Crippen LogP contribution in [0, 0.1) is 0 Å². The number of rotatable bonds is 7. The van der Waals surface area contributed by atoms with Gasteiger partial charge in [0, 0.05) is 6.16 Å². The van der Waals surface area contributed by atoms with Gasteiger partial charge in [0.1, 0.15) is 0 Å². The maximum Gasteiger partial charge on any atom is 0.171 e. The van der Waals surface area contributed by atoms with Crippen molar-refractivity contribution >= 4 is 26.9 Å². The summed E-state index contributed by atoms with van der Waals surface area (Å²) in [5.41, 5.74) is -0.390. The number of benzene rings is 2. The average molecular weight is 390 g/mol. The number of hydrogen-bond donors (Lipinski definition) is 0. The Morgan fingerprint density at radius 1 is 0.615 bits per heavy atom. The maximum absolute atomic E-state index is 6.29. The van der Waals surface area contributed by atoms with E-state index in [1.807, 2.05) is 0 Å². The van der Waals surface area contributed by atoms with E-state index in [1.54, 1.807) is 0 Å². The Bertz CT molecular complexity index is 590. The van der Waals surface area contributed by atoms with E-state index in [1.165, 1.54) is 10.6 Å². The Balaban J connectivity index is 2.18. The van der Waals surface area contributed by atoms with Crippen molar-refractivity contribution in [3.8, 4) is 0 Å². The van der Waals surface area contributed by atoms with E-state index in [-0.39, 0.29) is 11.2 Å². The molecule has 26 heavy (non-hydrogen) atoms. The van der Waals surface area contributed by atoms with Gasteiger partial charge in [0.25, 0.3) is 0 Å². The van der Waals surface area contributed by atoms with Crippen LogP contribution in [0.2, 0.25) is 0 Å². The van der Waals surface area contributed by atoms with Crippen molar-refractivity contribution in [2.45, 2.75) is 52.7 Å². The molecule has 0 saturated heterocycles. The average Bonchev–Trinajstić information content (AvgIpc) is 2.54. The molecule has 2 rings (SSSR count). The smallest absolute Gasteiger partial charge is 0.171 e. The highest BCUT2D eigenvalue weighted by Gasteiger charge is 2.27. The lowest BCUT2D eigenvalue weighted by atomic mass is 10.2. The summed E-state index contributed by atoms with van der Waals surface area (Å²) in [5, 5.41) is 2.82. The van der Waals surface area contributed by atoms with Gasteiger partial charge in [-0.2, -0.15) is 0 Å². The molecule has 0 aliphatic carbocycles. The molecule has 0 saturated carbocycles. The zero-order chi connectivity index (χ0) is 19.2. The summed E-state index contributed by atoms with van der Waals surface area (Å²) in [5.74, 6) is 0. The van der Waals surface area contributed by atoms with Crippen LogP contribution < -0.4 is 10.6 Å². The van der Waals surface area contributed by atoms with E-state index in [0.717, 1.165) is 12.3 Å². The molecule has 0 aromatic heterocycles. The summed E-state index contributed by atoms with van der Waals surface area (Å²) in [7, 11) is -1.34. The van der Waals surface area contributed by atoms with Gasteiger partial charge in [0.2, 0.25) is 0 Å². The molecular weight excluding hydrogens is 358 g/mol. The standard InChI is InChI=1S/C22H32O2P2/c1-21(2,3)23-26(24-22(4,5)6)18-17-25(19-13-9-7-10-14-19)20-15-11-8-12-16-20/h7-16H,17-18H2,1-6H3. The van der Waals surface area contributed by atoms with Crippen molar-refractivity contribution in [1.82, 2.24) is 0 Å². The second kappa shape index (κ2) is 9.43. The molecule has 0 N–H and O–H groups in total. The van der Waals surface area contributed by atoms with E-state index in [0.29, 0.717) is 0 Å². The highest BCUT2D eigenvalue weighted by Crippen LogP contribution is 2.48. The van der Waals surface area contributed by atoms with E-state index in [9.17, 15) is 0 Å². The first-order valence-corrected chi connectivity index (χ1v) is 12.1. The molecule has 0 bridgehead atoms. The molecule has 2 nitrogen and oxygen atoms in total. The molecule has 142 valence electrons. The van der Waals surface area contributed by atoms with E-state index in [4.69, 9.17) is 9.05 Å². The quantitative estimate of drug-likeness (QED) is 0.535. The van der Waals surface area contributed by atoms with Crippen LogP contribution in [0.4, 0.5) is 0 Å². The van der Waals surface area contributed by atoms with Crippen LogP contribution >= 0.6 is 16.3 Å². The predicted molar refractivity (Wildman–Crippen MR) is 117 cm³/mol. The molecule has 4 heteroatoms. The molecule has 2 aromatic carbocycles. The first-order chi connectivity index (χ1) is 12.1. The van der Waals surface area contributed by atoms with Gasteiger partial charge in [-0.05, 0) is 66.2 Å². The summed E-state index contributed by atoms with van der Waals surface area (Å²) in [6.07, 6.45) is 2.01. The van der Waals surface area contributed by atoms with Crippen LogP contribution in [-0.2, 0) is 9.05 Å². The molecule has 0 aliphatic heterocycles. The fourth-order valence-corrected chi connectivity index (χ4v) is 7.30. The molecule has 0 heterocycles. The van der Waals surface area contributed by atoms with Gasteiger partial charge < -0.3 is 9.05 Å². The van der Waals surface area contributed by atoms with E-state index in [2.05, 4.69) is 102 Å². The highest BCUT2D eigenvalue weighted by molar-refractivity contribution is 7.73. The van der Waals surface area contributed by atoms with E-state index >= 15 is 0 Å². The van der Waals surface area contributed by atoms with E-state index < -0.39 is 16.3 Å². The molecule has 0 amide bonds. The molecule has 0 atom stereocenters. The van der Waals surface area contributed by atoms with Crippen molar-refractivity contribution in [3.05, 3.63) is 60.7 Å². The van der Waals surface area contributed by atoms with Crippen LogP contribution in [0.15, 0.2) is 60.7 Å². The molecule has 0 radical (unpaired) electrons. The van der Waals surface area contributed by atoms with Gasteiger partial charge in [0.15, 0.2) is 8.38 Å². The first kappa shape index (κ1) is 21.5. The second-order valence-corrected chi connectivity index (χ2v) is 12.1. The lowest BCUT2D eigenvalue weighted by Crippen LogP contribution is -2.24. The van der Waals surface area contributed by atoms with Gasteiger partial charge in [-0.15, -0.1) is 0 Å². The third-order valence-electron chi connectivity index (χ3n) is 3.39. The Kier molecular flexibility index (Phi) is 7.80. The third kappa shape index (κ3) is 7.85. The van der Waals surface area contributed by atoms with Crippen LogP contribution in [0.5, 0.6) is 0 Å². The van der Waals surface area contributed by atoms with Crippen LogP contribution in [0.3, 0.4) is 0 Å². The summed E-state index contributed by atoms with van der Waals surface area (Å²) in [6, 6.07) is 21.7. The molecule has 0 spiro atoms. The largest absolute Gasteiger partial charge is 0.328 e. The zero-order valence-corrected chi connectivity index (χ0v) is 18.7. The lowest BCUT2D eigenvalue weighted by molar-refractivity contribution is 0.0736. The first-order valence-electron chi connectivity index (χ1n) is 9.17. The molecule has 2 aromatic rings. The van der Waals surface area contributed by atoms with Crippen LogP contribution in [-0.4, -0.2) is 23.5 Å². The van der Waals surface area contributed by atoms with Crippen LogP contribution in [0.25, 0.3) is 0 Å². The topological polar surface area (TPSA) is 18.5 Å². The summed E-state index contributed by atoms with van der Waals surface area (Å²) < 4.78 is 12.6. The minimum Gasteiger partial charge on any atom is -0.328 e. The Hall–Kier alpha value is -0.780. The monoisotopic (exact) mass is 390 g/mol. The maximum atomic E-state index is 6.29. The van der Waals surface area contributed by atoms with Gasteiger partial charge >= 0.3 is 0 Å². The fourth-order valence-electron chi connectivity index (χ4n) is 2.53. The number of hydrogen-bond acceptors (Lipinski definition) is 2. The second-order valence-electron chi connectivity index (χ2n) is 8.29. The molecule has 0 aliphatic rings. The Morgan fingerprint density at radius 3 is 1.35 bits per heavy atom. The van der Waals surface area contributed by atoms with Crippen molar-refractivity contribution in [1.29, 1.82) is 0 Å². The predicted octanol–water partition coefficient (Wildman–Crippen LogP) is 6.06. The molecular formula is C22H32O2P2. The fraction of sp³-hybridized carbons (Fsp3) is 0.455. The van der Waals surface area contributed by atoms with Gasteiger partial charge in [-0.3, -0.25) is 0 Å². The summed E-state index contributed by atoms with van der Waals surface area (Å²) in [4.78, 5) is 0. The van der Waals surface area contributed by atoms with Gasteiger partial charge in [-0.1, -0.05) is 60.7 Å².